The van der Waals surface area contributed by atoms with Crippen molar-refractivity contribution >= 4 is 16.6 Å². The number of rotatable bonds is 5. The van der Waals surface area contributed by atoms with Crippen LogP contribution in [0.1, 0.15) is 11.1 Å². The average Bonchev–Trinajstić information content (AvgIpc) is 2.86. The molecule has 0 aliphatic rings. The molecule has 3 nitrogen and oxygen atoms in total. The normalized spacial score (nSPS) is 11.0. The lowest BCUT2D eigenvalue weighted by molar-refractivity contribution is 0.471. The maximum absolute atomic E-state index is 9.99. The lowest BCUT2D eigenvalue weighted by atomic mass is 10.0. The summed E-state index contributed by atoms with van der Waals surface area (Å²) in [6.07, 6.45) is 0. The maximum atomic E-state index is 9.99. The van der Waals surface area contributed by atoms with Crippen molar-refractivity contribution < 1.29 is 5.11 Å². The fraction of sp³-hybridized carbons (Fsp3) is 0.100. The van der Waals surface area contributed by atoms with Gasteiger partial charge in [-0.3, -0.25) is 0 Å². The molecule has 1 heterocycles. The van der Waals surface area contributed by atoms with E-state index in [1.165, 1.54) is 16.3 Å². The van der Waals surface area contributed by atoms with Crippen LogP contribution in [0.15, 0.2) is 103 Å². The van der Waals surface area contributed by atoms with Gasteiger partial charge in [0.15, 0.2) is 0 Å². The third kappa shape index (κ3) is 4.31. The van der Waals surface area contributed by atoms with Gasteiger partial charge in [0.1, 0.15) is 11.6 Å². The van der Waals surface area contributed by atoms with E-state index >= 15 is 0 Å². The summed E-state index contributed by atoms with van der Waals surface area (Å²) in [7, 11) is 2.09. The lowest BCUT2D eigenvalue weighted by Crippen LogP contribution is -2.18. The van der Waals surface area contributed by atoms with E-state index in [0.717, 1.165) is 40.3 Å². The molecule has 5 rings (SSSR count). The molecule has 0 aliphatic carbocycles. The van der Waals surface area contributed by atoms with Crippen LogP contribution in [0.3, 0.4) is 0 Å². The van der Waals surface area contributed by atoms with E-state index in [1.807, 2.05) is 25.1 Å². The molecule has 1 N–H and O–H groups in total. The van der Waals surface area contributed by atoms with Gasteiger partial charge >= 0.3 is 0 Å². The van der Waals surface area contributed by atoms with Gasteiger partial charge in [-0.2, -0.15) is 0 Å². The number of aromatic nitrogens is 1. The molecule has 33 heavy (non-hydrogen) atoms. The van der Waals surface area contributed by atoms with Crippen LogP contribution in [0.4, 0.5) is 5.82 Å². The first-order valence-corrected chi connectivity index (χ1v) is 11.1. The van der Waals surface area contributed by atoms with Gasteiger partial charge in [0, 0.05) is 19.2 Å². The Hall–Kier alpha value is -4.11. The number of aromatic hydroxyl groups is 1. The summed E-state index contributed by atoms with van der Waals surface area (Å²) < 4.78 is 0. The second-order valence-electron chi connectivity index (χ2n) is 8.46. The number of hydrogen-bond acceptors (Lipinski definition) is 3. The Bertz CT molecular complexity index is 1420. The molecular formula is C30H26N2O. The van der Waals surface area contributed by atoms with Gasteiger partial charge < -0.3 is 10.0 Å². The Morgan fingerprint density at radius 1 is 0.727 bits per heavy atom. The first-order valence-electron chi connectivity index (χ1n) is 11.1. The van der Waals surface area contributed by atoms with E-state index in [0.29, 0.717) is 5.75 Å². The predicted octanol–water partition coefficient (Wildman–Crippen LogP) is 7.22. The molecule has 0 aliphatic heterocycles. The number of phenols is 1. The van der Waals surface area contributed by atoms with Crippen molar-refractivity contribution in [2.24, 2.45) is 0 Å². The molecular weight excluding hydrogens is 404 g/mol. The molecule has 162 valence electrons. The van der Waals surface area contributed by atoms with E-state index in [9.17, 15) is 5.11 Å². The number of nitrogens with zero attached hydrogens (tertiary/aromatic N) is 2. The third-order valence-corrected chi connectivity index (χ3v) is 6.09. The topological polar surface area (TPSA) is 36.4 Å². The number of anilines is 1. The second-order valence-corrected chi connectivity index (χ2v) is 8.46. The summed E-state index contributed by atoms with van der Waals surface area (Å²) in [6.45, 7) is 2.66. The molecule has 0 unspecified atom stereocenters. The zero-order valence-electron chi connectivity index (χ0n) is 18.9. The van der Waals surface area contributed by atoms with Gasteiger partial charge in [-0.15, -0.1) is 0 Å². The SMILES string of the molecule is Cc1cc(-c2cc(-c3ccccc3)cc(N(C)Cc3cccc4ccccc34)n2)ccc1O. The smallest absolute Gasteiger partial charge is 0.129 e. The first kappa shape index (κ1) is 20.8. The zero-order chi connectivity index (χ0) is 22.8. The zero-order valence-corrected chi connectivity index (χ0v) is 18.9. The number of aryl methyl sites for hydroxylation is 1. The molecule has 0 bridgehead atoms. The highest BCUT2D eigenvalue weighted by molar-refractivity contribution is 5.86. The monoisotopic (exact) mass is 430 g/mol. The fourth-order valence-electron chi connectivity index (χ4n) is 4.24. The van der Waals surface area contributed by atoms with E-state index in [4.69, 9.17) is 4.98 Å². The highest BCUT2D eigenvalue weighted by atomic mass is 16.3. The Kier molecular flexibility index (Phi) is 5.54. The summed E-state index contributed by atoms with van der Waals surface area (Å²) in [5, 5.41) is 12.5. The molecule has 0 saturated carbocycles. The summed E-state index contributed by atoms with van der Waals surface area (Å²) in [5.74, 6) is 1.20. The Morgan fingerprint density at radius 2 is 1.48 bits per heavy atom. The standard InChI is InChI=1S/C30H26N2O/c1-21-17-24(15-16-29(21)33)28-18-26(22-9-4-3-5-10-22)19-30(31-28)32(2)20-25-13-8-12-23-11-6-7-14-27(23)25/h3-19,33H,20H2,1-2H3. The second kappa shape index (κ2) is 8.79. The van der Waals surface area contributed by atoms with E-state index < -0.39 is 0 Å². The molecule has 0 radical (unpaired) electrons. The summed E-state index contributed by atoms with van der Waals surface area (Å²) >= 11 is 0. The van der Waals surface area contributed by atoms with Gasteiger partial charge in [-0.25, -0.2) is 4.98 Å². The van der Waals surface area contributed by atoms with E-state index in [1.54, 1.807) is 6.07 Å². The lowest BCUT2D eigenvalue weighted by Gasteiger charge is -2.21. The Labute approximate surface area is 194 Å². The van der Waals surface area contributed by atoms with E-state index in [2.05, 4.69) is 90.8 Å². The van der Waals surface area contributed by atoms with Crippen molar-refractivity contribution in [1.29, 1.82) is 0 Å². The minimum absolute atomic E-state index is 0.297. The van der Waals surface area contributed by atoms with Crippen LogP contribution in [0, 0.1) is 6.92 Å². The Morgan fingerprint density at radius 3 is 2.30 bits per heavy atom. The maximum Gasteiger partial charge on any atom is 0.129 e. The largest absolute Gasteiger partial charge is 0.508 e. The molecule has 0 amide bonds. The number of benzene rings is 4. The van der Waals surface area contributed by atoms with Gasteiger partial charge in [0.25, 0.3) is 0 Å². The van der Waals surface area contributed by atoms with Crippen LogP contribution >= 0.6 is 0 Å². The highest BCUT2D eigenvalue weighted by Crippen LogP contribution is 2.31. The van der Waals surface area contributed by atoms with Crippen molar-refractivity contribution in [2.45, 2.75) is 13.5 Å². The average molecular weight is 431 g/mol. The van der Waals surface area contributed by atoms with Crippen molar-refractivity contribution in [3.8, 4) is 28.1 Å². The summed E-state index contributed by atoms with van der Waals surface area (Å²) in [6, 6.07) is 35.2. The van der Waals surface area contributed by atoms with Crippen LogP contribution in [0.25, 0.3) is 33.2 Å². The van der Waals surface area contributed by atoms with Gasteiger partial charge in [-0.1, -0.05) is 72.8 Å². The van der Waals surface area contributed by atoms with Gasteiger partial charge in [0.05, 0.1) is 5.69 Å². The minimum Gasteiger partial charge on any atom is -0.508 e. The van der Waals surface area contributed by atoms with E-state index in [-0.39, 0.29) is 0 Å². The predicted molar refractivity (Wildman–Crippen MR) is 138 cm³/mol. The van der Waals surface area contributed by atoms with Crippen molar-refractivity contribution in [3.63, 3.8) is 0 Å². The molecule has 3 heteroatoms. The van der Waals surface area contributed by atoms with Gasteiger partial charge in [0.2, 0.25) is 0 Å². The quantitative estimate of drug-likeness (QED) is 0.320. The van der Waals surface area contributed by atoms with Crippen LogP contribution in [-0.2, 0) is 6.54 Å². The Balaban J connectivity index is 1.59. The number of fused-ring (bicyclic) bond motifs is 1. The molecule has 4 aromatic carbocycles. The van der Waals surface area contributed by atoms with Crippen LogP contribution in [0.2, 0.25) is 0 Å². The van der Waals surface area contributed by atoms with Crippen molar-refractivity contribution in [3.05, 3.63) is 114 Å². The van der Waals surface area contributed by atoms with Crippen LogP contribution in [0.5, 0.6) is 5.75 Å². The molecule has 0 spiro atoms. The summed E-state index contributed by atoms with van der Waals surface area (Å²) in [4.78, 5) is 7.22. The number of pyridine rings is 1. The minimum atomic E-state index is 0.297. The molecule has 5 aromatic rings. The first-order chi connectivity index (χ1) is 16.1. The number of hydrogen-bond donors (Lipinski definition) is 1. The highest BCUT2D eigenvalue weighted by Gasteiger charge is 2.12. The van der Waals surface area contributed by atoms with Crippen LogP contribution < -0.4 is 4.90 Å². The molecule has 0 atom stereocenters. The molecule has 0 fully saturated rings. The third-order valence-electron chi connectivity index (χ3n) is 6.09. The molecule has 0 saturated heterocycles. The molecule has 1 aromatic heterocycles. The van der Waals surface area contributed by atoms with Crippen molar-refractivity contribution in [1.82, 2.24) is 4.98 Å². The van der Waals surface area contributed by atoms with Crippen molar-refractivity contribution in [2.75, 3.05) is 11.9 Å². The number of phenolic OH excluding ortho intramolecular Hbond substituents is 1. The summed E-state index contributed by atoms with van der Waals surface area (Å²) in [5.41, 5.74) is 6.25. The van der Waals surface area contributed by atoms with Gasteiger partial charge in [-0.05, 0) is 70.3 Å². The van der Waals surface area contributed by atoms with Crippen LogP contribution in [-0.4, -0.2) is 17.1 Å². The fourth-order valence-corrected chi connectivity index (χ4v) is 4.24.